The van der Waals surface area contributed by atoms with Gasteiger partial charge >= 0.3 is 0 Å². The highest BCUT2D eigenvalue weighted by Crippen LogP contribution is 2.37. The second-order valence-corrected chi connectivity index (χ2v) is 7.09. The summed E-state index contributed by atoms with van der Waals surface area (Å²) in [7, 11) is -3.53. The molecule has 0 saturated carbocycles. The molecule has 1 aromatic rings. The third kappa shape index (κ3) is 4.47. The van der Waals surface area contributed by atoms with E-state index in [0.29, 0.717) is 36.7 Å². The first kappa shape index (κ1) is 18.5. The van der Waals surface area contributed by atoms with Crippen molar-refractivity contribution in [1.82, 2.24) is 4.72 Å². The Morgan fingerprint density at radius 1 is 1.43 bits per heavy atom. The van der Waals surface area contributed by atoms with Crippen molar-refractivity contribution in [1.29, 1.82) is 0 Å². The van der Waals surface area contributed by atoms with E-state index in [1.807, 2.05) is 6.92 Å². The van der Waals surface area contributed by atoms with Gasteiger partial charge in [0.15, 0.2) is 0 Å². The van der Waals surface area contributed by atoms with E-state index in [9.17, 15) is 8.42 Å². The molecule has 5 nitrogen and oxygen atoms in total. The minimum atomic E-state index is -3.53. The van der Waals surface area contributed by atoms with E-state index >= 15 is 0 Å². The third-order valence-corrected chi connectivity index (χ3v) is 4.87. The minimum absolute atomic E-state index is 0. The van der Waals surface area contributed by atoms with Gasteiger partial charge in [-0.2, -0.15) is 0 Å². The number of rotatable bonds is 6. The maximum absolute atomic E-state index is 12.2. The van der Waals surface area contributed by atoms with Crippen molar-refractivity contribution in [3.63, 3.8) is 0 Å². The Morgan fingerprint density at radius 2 is 2.14 bits per heavy atom. The third-order valence-electron chi connectivity index (χ3n) is 3.15. The first-order chi connectivity index (χ1) is 9.44. The fourth-order valence-electron chi connectivity index (χ4n) is 2.17. The smallest absolute Gasteiger partial charge is 0.240 e. The number of nitrogens with two attached hydrogens (primary N) is 1. The van der Waals surface area contributed by atoms with Gasteiger partial charge < -0.3 is 10.5 Å². The van der Waals surface area contributed by atoms with Crippen LogP contribution in [0.25, 0.3) is 0 Å². The number of hydrogen-bond donors (Lipinski definition) is 2. The van der Waals surface area contributed by atoms with Crippen molar-refractivity contribution in [2.75, 3.05) is 13.1 Å². The first-order valence-electron chi connectivity index (χ1n) is 6.63. The van der Waals surface area contributed by atoms with Crippen molar-refractivity contribution < 1.29 is 13.2 Å². The van der Waals surface area contributed by atoms with Gasteiger partial charge in [0, 0.05) is 18.5 Å². The molecule has 0 aliphatic carbocycles. The van der Waals surface area contributed by atoms with Crippen LogP contribution in [0.3, 0.4) is 0 Å². The summed E-state index contributed by atoms with van der Waals surface area (Å²) in [5.41, 5.74) is 6.22. The minimum Gasteiger partial charge on any atom is -0.489 e. The van der Waals surface area contributed by atoms with Crippen LogP contribution in [0.5, 0.6) is 5.75 Å². The molecule has 1 heterocycles. The van der Waals surface area contributed by atoms with E-state index in [1.165, 1.54) is 6.07 Å². The van der Waals surface area contributed by atoms with Gasteiger partial charge in [-0.15, -0.1) is 12.4 Å². The molecule has 1 aromatic carbocycles. The second-order valence-electron chi connectivity index (χ2n) is 4.92. The number of ether oxygens (including phenoxy) is 1. The maximum Gasteiger partial charge on any atom is 0.240 e. The lowest BCUT2D eigenvalue weighted by Gasteiger charge is -2.09. The lowest BCUT2D eigenvalue weighted by molar-refractivity contribution is 0.255. The predicted molar refractivity (Wildman–Crippen MR) is 86.0 cm³/mol. The highest BCUT2D eigenvalue weighted by atomic mass is 35.5. The average Bonchev–Trinajstić information content (AvgIpc) is 2.76. The maximum atomic E-state index is 12.2. The van der Waals surface area contributed by atoms with Crippen LogP contribution in [-0.2, 0) is 16.4 Å². The normalized spacial score (nSPS) is 17.0. The van der Waals surface area contributed by atoms with E-state index in [1.54, 1.807) is 6.07 Å². The van der Waals surface area contributed by atoms with Crippen LogP contribution in [0.15, 0.2) is 17.0 Å². The zero-order chi connectivity index (χ0) is 14.8. The lowest BCUT2D eigenvalue weighted by Crippen LogP contribution is -2.25. The van der Waals surface area contributed by atoms with E-state index in [-0.39, 0.29) is 23.4 Å². The fraction of sp³-hybridized carbons (Fsp3) is 0.538. The summed E-state index contributed by atoms with van der Waals surface area (Å²) in [6.07, 6.45) is 2.21. The van der Waals surface area contributed by atoms with Crippen LogP contribution in [0, 0.1) is 0 Å². The molecule has 0 bridgehead atoms. The van der Waals surface area contributed by atoms with Gasteiger partial charge in [0.1, 0.15) is 11.9 Å². The highest BCUT2D eigenvalue weighted by Gasteiger charge is 2.25. The van der Waals surface area contributed by atoms with E-state index in [4.69, 9.17) is 22.1 Å². The average molecular weight is 355 g/mol. The topological polar surface area (TPSA) is 81.4 Å². The molecule has 0 radical (unpaired) electrons. The molecule has 3 N–H and O–H groups in total. The van der Waals surface area contributed by atoms with Crippen LogP contribution in [0.1, 0.15) is 25.3 Å². The van der Waals surface area contributed by atoms with Crippen molar-refractivity contribution in [2.45, 2.75) is 37.2 Å². The molecule has 2 rings (SSSR count). The number of sulfonamides is 1. The van der Waals surface area contributed by atoms with Gasteiger partial charge in [0.2, 0.25) is 10.0 Å². The number of nitrogens with one attached hydrogen (secondary N) is 1. The summed E-state index contributed by atoms with van der Waals surface area (Å²) in [5, 5.41) is 0.342. The molecule has 0 saturated heterocycles. The van der Waals surface area contributed by atoms with Crippen molar-refractivity contribution in [3.05, 3.63) is 22.7 Å². The summed E-state index contributed by atoms with van der Waals surface area (Å²) in [4.78, 5) is 0.187. The summed E-state index contributed by atoms with van der Waals surface area (Å²) < 4.78 is 32.5. The second kappa shape index (κ2) is 7.65. The van der Waals surface area contributed by atoms with Crippen LogP contribution in [0.4, 0.5) is 0 Å². The number of halogens is 2. The molecule has 0 amide bonds. The Morgan fingerprint density at radius 3 is 2.81 bits per heavy atom. The fourth-order valence-corrected chi connectivity index (χ4v) is 3.67. The molecule has 1 unspecified atom stereocenters. The number of unbranched alkanes of at least 4 members (excludes halogenated alkanes) is 1. The van der Waals surface area contributed by atoms with Gasteiger partial charge in [-0.3, -0.25) is 0 Å². The monoisotopic (exact) mass is 354 g/mol. The Bertz CT molecular complexity index is 593. The largest absolute Gasteiger partial charge is 0.489 e. The summed E-state index contributed by atoms with van der Waals surface area (Å²) in [6.45, 7) is 2.86. The number of hydrogen-bond acceptors (Lipinski definition) is 4. The molecular weight excluding hydrogens is 335 g/mol. The van der Waals surface area contributed by atoms with Crippen LogP contribution in [0.2, 0.25) is 5.02 Å². The Labute approximate surface area is 136 Å². The molecule has 1 aliphatic rings. The first-order valence-corrected chi connectivity index (χ1v) is 8.49. The van der Waals surface area contributed by atoms with Gasteiger partial charge in [-0.25, -0.2) is 13.1 Å². The standard InChI is InChI=1S/C13H19ClN2O3S.ClH/c1-9-6-10-7-11(8-12(14)13(10)19-9)20(17,18)16-5-3-2-4-15;/h7-9,16H,2-6,15H2,1H3;1H. The van der Waals surface area contributed by atoms with E-state index in [0.717, 1.165) is 12.0 Å². The molecule has 1 atom stereocenters. The predicted octanol–water partition coefficient (Wildman–Crippen LogP) is 2.10. The SMILES string of the molecule is CC1Cc2cc(S(=O)(=O)NCCCCN)cc(Cl)c2O1.Cl. The molecule has 8 heteroatoms. The number of benzene rings is 1. The molecule has 0 spiro atoms. The summed E-state index contributed by atoms with van der Waals surface area (Å²) in [6, 6.07) is 3.07. The molecule has 0 aromatic heterocycles. The van der Waals surface area contributed by atoms with Gasteiger partial charge in [-0.05, 0) is 38.4 Å². The Hall–Kier alpha value is -0.530. The molecule has 21 heavy (non-hydrogen) atoms. The summed E-state index contributed by atoms with van der Waals surface area (Å²) >= 11 is 6.10. The molecular formula is C13H20Cl2N2O3S. The van der Waals surface area contributed by atoms with Gasteiger partial charge in [0.25, 0.3) is 0 Å². The van der Waals surface area contributed by atoms with Crippen LogP contribution in [-0.4, -0.2) is 27.6 Å². The molecule has 1 aliphatic heterocycles. The van der Waals surface area contributed by atoms with E-state index < -0.39 is 10.0 Å². The van der Waals surface area contributed by atoms with E-state index in [2.05, 4.69) is 4.72 Å². The van der Waals surface area contributed by atoms with Crippen molar-refractivity contribution >= 4 is 34.0 Å². The summed E-state index contributed by atoms with van der Waals surface area (Å²) in [5.74, 6) is 0.598. The Kier molecular flexibility index (Phi) is 6.74. The van der Waals surface area contributed by atoms with Crippen LogP contribution < -0.4 is 15.2 Å². The lowest BCUT2D eigenvalue weighted by atomic mass is 10.1. The quantitative estimate of drug-likeness (QED) is 0.766. The number of fused-ring (bicyclic) bond motifs is 1. The zero-order valence-electron chi connectivity index (χ0n) is 11.8. The molecule has 120 valence electrons. The van der Waals surface area contributed by atoms with Crippen molar-refractivity contribution in [2.24, 2.45) is 5.73 Å². The zero-order valence-corrected chi connectivity index (χ0v) is 14.2. The molecule has 0 fully saturated rings. The van der Waals surface area contributed by atoms with Crippen molar-refractivity contribution in [3.8, 4) is 5.75 Å². The Balaban J connectivity index is 0.00000220. The van der Waals surface area contributed by atoms with Crippen LogP contribution >= 0.6 is 24.0 Å². The highest BCUT2D eigenvalue weighted by molar-refractivity contribution is 7.89. The van der Waals surface area contributed by atoms with Gasteiger partial charge in [-0.1, -0.05) is 11.6 Å². The van der Waals surface area contributed by atoms with Gasteiger partial charge in [0.05, 0.1) is 9.92 Å².